The summed E-state index contributed by atoms with van der Waals surface area (Å²) < 4.78 is 7.27. The zero-order chi connectivity index (χ0) is 19.1. The summed E-state index contributed by atoms with van der Waals surface area (Å²) in [5.74, 6) is -0.293. The molecule has 0 atom stereocenters. The number of carboxylic acids is 1. The molecule has 4 N–H and O–H groups in total. The predicted octanol–water partition coefficient (Wildman–Crippen LogP) is 2.17. The summed E-state index contributed by atoms with van der Waals surface area (Å²) in [5.41, 5.74) is 6.57. The van der Waals surface area contributed by atoms with Gasteiger partial charge in [0.05, 0.1) is 28.7 Å². The number of carbonyl (C=O) groups is 1. The highest BCUT2D eigenvalue weighted by molar-refractivity contribution is 6.15. The van der Waals surface area contributed by atoms with Crippen LogP contribution < -0.4 is 5.73 Å². The molecule has 3 rings (SSSR count). The number of nitrogens with two attached hydrogens (primary N) is 1. The quantitative estimate of drug-likeness (QED) is 0.617. The lowest BCUT2D eigenvalue weighted by Gasteiger charge is -2.21. The minimum atomic E-state index is -1.06. The van der Waals surface area contributed by atoms with Crippen LogP contribution in [-0.4, -0.2) is 42.9 Å². The standard InChI is InChI=1S/C18H22N4O4/c1-4-26-8-12-21-14-15(22(12)9-18(2,3)25)13-10(17(23)24)6-5-7-11(13)20-16(14)19/h5-7,25H,4,8-9H2,1-3H3,(H2,19,20)(H,23,24). The molecule has 2 aromatic heterocycles. The molecule has 26 heavy (non-hydrogen) atoms. The van der Waals surface area contributed by atoms with Gasteiger partial charge in [0.15, 0.2) is 5.82 Å². The van der Waals surface area contributed by atoms with Crippen molar-refractivity contribution in [3.8, 4) is 0 Å². The fourth-order valence-corrected chi connectivity index (χ4v) is 3.04. The topological polar surface area (TPSA) is 123 Å². The third-order valence-corrected chi connectivity index (χ3v) is 4.02. The highest BCUT2D eigenvalue weighted by Crippen LogP contribution is 2.32. The SMILES string of the molecule is CCOCc1nc2c(N)nc3cccc(C(=O)O)c3c2n1CC(C)(C)O. The fourth-order valence-electron chi connectivity index (χ4n) is 3.04. The molecule has 0 aliphatic heterocycles. The average Bonchev–Trinajstić information content (AvgIpc) is 2.89. The van der Waals surface area contributed by atoms with E-state index < -0.39 is 11.6 Å². The Morgan fingerprint density at radius 1 is 1.35 bits per heavy atom. The Morgan fingerprint density at radius 2 is 2.08 bits per heavy atom. The number of hydrogen-bond donors (Lipinski definition) is 3. The van der Waals surface area contributed by atoms with E-state index in [1.54, 1.807) is 30.5 Å². The summed E-state index contributed by atoms with van der Waals surface area (Å²) in [6, 6.07) is 4.86. The van der Waals surface area contributed by atoms with Crippen molar-refractivity contribution in [1.82, 2.24) is 14.5 Å². The lowest BCUT2D eigenvalue weighted by Crippen LogP contribution is -2.27. The molecule has 0 aliphatic rings. The molecular weight excluding hydrogens is 336 g/mol. The molecule has 0 spiro atoms. The zero-order valence-electron chi connectivity index (χ0n) is 15.0. The Bertz CT molecular complexity index is 988. The second-order valence-corrected chi connectivity index (χ2v) is 6.76. The van der Waals surface area contributed by atoms with E-state index in [2.05, 4.69) is 9.97 Å². The van der Waals surface area contributed by atoms with Gasteiger partial charge in [0, 0.05) is 12.0 Å². The van der Waals surface area contributed by atoms with Gasteiger partial charge in [-0.15, -0.1) is 0 Å². The fraction of sp³-hybridized carbons (Fsp3) is 0.389. The minimum Gasteiger partial charge on any atom is -0.478 e. The van der Waals surface area contributed by atoms with Crippen LogP contribution in [0.1, 0.15) is 37.0 Å². The molecule has 0 fully saturated rings. The summed E-state index contributed by atoms with van der Waals surface area (Å²) in [5, 5.41) is 20.4. The molecule has 8 nitrogen and oxygen atoms in total. The van der Waals surface area contributed by atoms with Crippen LogP contribution in [0.2, 0.25) is 0 Å². The first kappa shape index (κ1) is 18.1. The van der Waals surface area contributed by atoms with E-state index in [4.69, 9.17) is 10.5 Å². The third-order valence-electron chi connectivity index (χ3n) is 4.02. The monoisotopic (exact) mass is 358 g/mol. The van der Waals surface area contributed by atoms with Crippen molar-refractivity contribution in [3.63, 3.8) is 0 Å². The van der Waals surface area contributed by atoms with E-state index in [1.807, 2.05) is 6.92 Å². The summed E-state index contributed by atoms with van der Waals surface area (Å²) >= 11 is 0. The van der Waals surface area contributed by atoms with Gasteiger partial charge in [-0.25, -0.2) is 14.8 Å². The van der Waals surface area contributed by atoms with Crippen molar-refractivity contribution >= 4 is 33.7 Å². The molecule has 138 valence electrons. The number of nitrogens with zero attached hydrogens (tertiary/aromatic N) is 3. The van der Waals surface area contributed by atoms with Gasteiger partial charge >= 0.3 is 5.97 Å². The van der Waals surface area contributed by atoms with Crippen molar-refractivity contribution in [2.45, 2.75) is 39.5 Å². The van der Waals surface area contributed by atoms with Crippen LogP contribution in [0, 0.1) is 0 Å². The van der Waals surface area contributed by atoms with E-state index in [1.165, 1.54) is 6.07 Å². The van der Waals surface area contributed by atoms with Gasteiger partial charge in [-0.2, -0.15) is 0 Å². The number of nitrogen functional groups attached to an aromatic ring is 1. The summed E-state index contributed by atoms with van der Waals surface area (Å²) in [6.45, 7) is 6.15. The van der Waals surface area contributed by atoms with E-state index in [9.17, 15) is 15.0 Å². The van der Waals surface area contributed by atoms with Gasteiger partial charge in [0.1, 0.15) is 17.9 Å². The maximum Gasteiger partial charge on any atom is 0.336 e. The largest absolute Gasteiger partial charge is 0.478 e. The van der Waals surface area contributed by atoms with E-state index in [-0.39, 0.29) is 24.5 Å². The molecule has 1 aromatic carbocycles. The first-order valence-electron chi connectivity index (χ1n) is 8.33. The van der Waals surface area contributed by atoms with Gasteiger partial charge < -0.3 is 25.3 Å². The number of pyridine rings is 1. The number of benzene rings is 1. The summed E-state index contributed by atoms with van der Waals surface area (Å²) in [4.78, 5) is 20.6. The maximum absolute atomic E-state index is 11.8. The van der Waals surface area contributed by atoms with Crippen molar-refractivity contribution in [3.05, 3.63) is 29.6 Å². The molecule has 0 saturated carbocycles. The van der Waals surface area contributed by atoms with Gasteiger partial charge in [-0.3, -0.25) is 0 Å². The smallest absolute Gasteiger partial charge is 0.336 e. The molecule has 0 radical (unpaired) electrons. The second kappa shape index (κ2) is 6.54. The number of fused-ring (bicyclic) bond motifs is 3. The first-order valence-corrected chi connectivity index (χ1v) is 8.33. The summed E-state index contributed by atoms with van der Waals surface area (Å²) in [7, 11) is 0. The van der Waals surface area contributed by atoms with Crippen LogP contribution in [0.25, 0.3) is 21.9 Å². The van der Waals surface area contributed by atoms with Crippen LogP contribution in [0.5, 0.6) is 0 Å². The predicted molar refractivity (Wildman–Crippen MR) is 98.0 cm³/mol. The molecule has 3 aromatic rings. The molecule has 0 amide bonds. The van der Waals surface area contributed by atoms with E-state index in [0.717, 1.165) is 0 Å². The number of anilines is 1. The van der Waals surface area contributed by atoms with Crippen LogP contribution in [0.15, 0.2) is 18.2 Å². The molecule has 0 bridgehead atoms. The zero-order valence-corrected chi connectivity index (χ0v) is 15.0. The van der Waals surface area contributed by atoms with Crippen molar-refractivity contribution in [2.24, 2.45) is 0 Å². The molecule has 0 aliphatic carbocycles. The third kappa shape index (κ3) is 3.21. The highest BCUT2D eigenvalue weighted by Gasteiger charge is 2.24. The van der Waals surface area contributed by atoms with Crippen LogP contribution >= 0.6 is 0 Å². The second-order valence-electron chi connectivity index (χ2n) is 6.76. The Hall–Kier alpha value is -2.71. The Labute approximate surface area is 150 Å². The molecular formula is C18H22N4O4. The normalized spacial score (nSPS) is 12.2. The van der Waals surface area contributed by atoms with Gasteiger partial charge in [0.25, 0.3) is 0 Å². The van der Waals surface area contributed by atoms with E-state index >= 15 is 0 Å². The Kier molecular flexibility index (Phi) is 4.55. The number of ether oxygens (including phenoxy) is 1. The molecule has 0 unspecified atom stereocenters. The number of aromatic nitrogens is 3. The lowest BCUT2D eigenvalue weighted by molar-refractivity contribution is 0.0582. The molecule has 0 saturated heterocycles. The number of carboxylic acid groups (broad SMARTS) is 1. The average molecular weight is 358 g/mol. The number of hydrogen-bond acceptors (Lipinski definition) is 6. The van der Waals surface area contributed by atoms with Crippen LogP contribution in [-0.2, 0) is 17.9 Å². The van der Waals surface area contributed by atoms with Crippen molar-refractivity contribution < 1.29 is 19.7 Å². The van der Waals surface area contributed by atoms with Crippen LogP contribution in [0.3, 0.4) is 0 Å². The molecule has 8 heteroatoms. The number of aromatic carboxylic acids is 1. The lowest BCUT2D eigenvalue weighted by atomic mass is 10.1. The van der Waals surface area contributed by atoms with Crippen LogP contribution in [0.4, 0.5) is 5.82 Å². The van der Waals surface area contributed by atoms with Crippen molar-refractivity contribution in [1.29, 1.82) is 0 Å². The number of aliphatic hydroxyl groups is 1. The maximum atomic E-state index is 11.8. The van der Waals surface area contributed by atoms with Gasteiger partial charge in [-0.1, -0.05) is 6.07 Å². The number of rotatable bonds is 6. The van der Waals surface area contributed by atoms with Gasteiger partial charge in [-0.05, 0) is 32.9 Å². The Morgan fingerprint density at radius 3 is 2.69 bits per heavy atom. The highest BCUT2D eigenvalue weighted by atomic mass is 16.5. The Balaban J connectivity index is 2.44. The minimum absolute atomic E-state index is 0.111. The van der Waals surface area contributed by atoms with E-state index in [0.29, 0.717) is 34.4 Å². The molecule has 2 heterocycles. The first-order chi connectivity index (χ1) is 12.2. The summed E-state index contributed by atoms with van der Waals surface area (Å²) in [6.07, 6.45) is 0. The van der Waals surface area contributed by atoms with Crippen molar-refractivity contribution in [2.75, 3.05) is 12.3 Å². The number of imidazole rings is 1. The van der Waals surface area contributed by atoms with Gasteiger partial charge in [0.2, 0.25) is 0 Å².